The Hall–Kier alpha value is -0.860. The molecule has 0 aliphatic carbocycles. The van der Waals surface area contributed by atoms with Crippen molar-refractivity contribution in [2.24, 2.45) is 9.98 Å². The molecule has 0 fully saturated rings. The molecular formula is C8H15N3. The van der Waals surface area contributed by atoms with E-state index in [9.17, 15) is 0 Å². The minimum atomic E-state index is 0.112. The van der Waals surface area contributed by atoms with Crippen LogP contribution in [0.4, 0.5) is 0 Å². The summed E-state index contributed by atoms with van der Waals surface area (Å²) in [5, 5.41) is 0. The first-order chi connectivity index (χ1) is 5.02. The third-order valence-corrected chi connectivity index (χ3v) is 1.72. The maximum atomic E-state index is 4.18. The highest BCUT2D eigenvalue weighted by Gasteiger charge is 2.23. The number of nitrogens with zero attached hydrogens (tertiary/aromatic N) is 3. The van der Waals surface area contributed by atoms with Crippen LogP contribution in [0.5, 0.6) is 0 Å². The van der Waals surface area contributed by atoms with Crippen LogP contribution in [0.25, 0.3) is 0 Å². The van der Waals surface area contributed by atoms with Crippen LogP contribution < -0.4 is 0 Å². The average molecular weight is 153 g/mol. The van der Waals surface area contributed by atoms with Gasteiger partial charge in [0.05, 0.1) is 6.34 Å². The van der Waals surface area contributed by atoms with Crippen molar-refractivity contribution in [2.75, 3.05) is 0 Å². The summed E-state index contributed by atoms with van der Waals surface area (Å²) in [6.07, 6.45) is 3.66. The Morgan fingerprint density at radius 3 is 2.36 bits per heavy atom. The fourth-order valence-electron chi connectivity index (χ4n) is 1.14. The van der Waals surface area contributed by atoms with E-state index in [4.69, 9.17) is 0 Å². The Morgan fingerprint density at radius 2 is 2.00 bits per heavy atom. The molecule has 1 aliphatic heterocycles. The van der Waals surface area contributed by atoms with Gasteiger partial charge in [-0.1, -0.05) is 0 Å². The van der Waals surface area contributed by atoms with Crippen molar-refractivity contribution < 1.29 is 0 Å². The number of rotatable bonds is 0. The zero-order chi connectivity index (χ0) is 8.48. The van der Waals surface area contributed by atoms with E-state index in [1.807, 2.05) is 6.34 Å². The van der Waals surface area contributed by atoms with Crippen LogP contribution in [-0.4, -0.2) is 29.3 Å². The molecule has 3 heteroatoms. The van der Waals surface area contributed by atoms with Crippen LogP contribution in [0.2, 0.25) is 0 Å². The van der Waals surface area contributed by atoms with Gasteiger partial charge in [0, 0.05) is 5.54 Å². The molecule has 0 N–H and O–H groups in total. The zero-order valence-electron chi connectivity index (χ0n) is 7.57. The first kappa shape index (κ1) is 8.24. The van der Waals surface area contributed by atoms with E-state index in [-0.39, 0.29) is 11.7 Å². The molecule has 0 radical (unpaired) electrons. The molecule has 0 bridgehead atoms. The lowest BCUT2D eigenvalue weighted by molar-refractivity contribution is 0.195. The van der Waals surface area contributed by atoms with E-state index in [1.54, 1.807) is 6.34 Å². The highest BCUT2D eigenvalue weighted by molar-refractivity contribution is 5.73. The highest BCUT2D eigenvalue weighted by atomic mass is 15.3. The molecule has 0 spiro atoms. The molecule has 1 unspecified atom stereocenters. The smallest absolute Gasteiger partial charge is 0.121 e. The van der Waals surface area contributed by atoms with E-state index in [0.29, 0.717) is 0 Å². The van der Waals surface area contributed by atoms with Gasteiger partial charge in [0.1, 0.15) is 12.5 Å². The van der Waals surface area contributed by atoms with Crippen LogP contribution >= 0.6 is 0 Å². The van der Waals surface area contributed by atoms with Crippen molar-refractivity contribution >= 4 is 12.7 Å². The average Bonchev–Trinajstić information content (AvgIpc) is 1.86. The second kappa shape index (κ2) is 2.64. The molecule has 1 atom stereocenters. The largest absolute Gasteiger partial charge is 0.336 e. The van der Waals surface area contributed by atoms with Crippen LogP contribution in [0, 0.1) is 0 Å². The SMILES string of the molecule is CC1N=CN=CN1C(C)(C)C. The molecule has 3 nitrogen and oxygen atoms in total. The second-order valence-corrected chi connectivity index (χ2v) is 3.74. The quantitative estimate of drug-likeness (QED) is 0.518. The van der Waals surface area contributed by atoms with Gasteiger partial charge in [-0.3, -0.25) is 0 Å². The molecule has 0 aromatic rings. The Kier molecular flexibility index (Phi) is 1.98. The molecule has 1 rings (SSSR count). The van der Waals surface area contributed by atoms with Gasteiger partial charge in [0.25, 0.3) is 0 Å². The molecule has 0 aromatic carbocycles. The molecule has 11 heavy (non-hydrogen) atoms. The third-order valence-electron chi connectivity index (χ3n) is 1.72. The molecule has 1 heterocycles. The van der Waals surface area contributed by atoms with Crippen LogP contribution in [0.15, 0.2) is 9.98 Å². The van der Waals surface area contributed by atoms with Gasteiger partial charge in [-0.25, -0.2) is 9.98 Å². The van der Waals surface area contributed by atoms with Gasteiger partial charge < -0.3 is 4.90 Å². The van der Waals surface area contributed by atoms with Gasteiger partial charge in [0.15, 0.2) is 0 Å². The molecule has 0 amide bonds. The summed E-state index contributed by atoms with van der Waals surface area (Å²) < 4.78 is 0. The van der Waals surface area contributed by atoms with E-state index < -0.39 is 0 Å². The summed E-state index contributed by atoms with van der Waals surface area (Å²) in [5.74, 6) is 0. The summed E-state index contributed by atoms with van der Waals surface area (Å²) in [6, 6.07) is 0. The Balaban J connectivity index is 2.74. The molecule has 0 saturated carbocycles. The molecule has 0 aromatic heterocycles. The van der Waals surface area contributed by atoms with Crippen molar-refractivity contribution in [1.29, 1.82) is 0 Å². The monoisotopic (exact) mass is 153 g/mol. The lowest BCUT2D eigenvalue weighted by atomic mass is 10.1. The maximum absolute atomic E-state index is 4.18. The van der Waals surface area contributed by atoms with Gasteiger partial charge >= 0.3 is 0 Å². The lowest BCUT2D eigenvalue weighted by Gasteiger charge is -2.37. The van der Waals surface area contributed by atoms with E-state index in [2.05, 4.69) is 42.6 Å². The molecular weight excluding hydrogens is 138 g/mol. The maximum Gasteiger partial charge on any atom is 0.121 e. The molecule has 0 saturated heterocycles. The number of hydrogen-bond donors (Lipinski definition) is 0. The van der Waals surface area contributed by atoms with Gasteiger partial charge in [-0.05, 0) is 27.7 Å². The summed E-state index contributed by atoms with van der Waals surface area (Å²) in [6.45, 7) is 8.51. The van der Waals surface area contributed by atoms with E-state index >= 15 is 0 Å². The second-order valence-electron chi connectivity index (χ2n) is 3.74. The standard InChI is InChI=1S/C8H15N3/c1-7-10-5-9-6-11(7)8(2,3)4/h5-7H,1-4H3. The zero-order valence-corrected chi connectivity index (χ0v) is 7.57. The number of hydrogen-bond acceptors (Lipinski definition) is 3. The fraction of sp³-hybridized carbons (Fsp3) is 0.750. The fourth-order valence-corrected chi connectivity index (χ4v) is 1.14. The van der Waals surface area contributed by atoms with Crippen molar-refractivity contribution in [2.45, 2.75) is 39.4 Å². The predicted molar refractivity (Wildman–Crippen MR) is 48.0 cm³/mol. The van der Waals surface area contributed by atoms with Gasteiger partial charge in [-0.2, -0.15) is 0 Å². The predicted octanol–water partition coefficient (Wildman–Crippen LogP) is 1.50. The minimum absolute atomic E-state index is 0.112. The normalized spacial score (nSPS) is 24.4. The summed E-state index contributed by atoms with van der Waals surface area (Å²) in [7, 11) is 0. The summed E-state index contributed by atoms with van der Waals surface area (Å²) in [5.41, 5.74) is 0.112. The molecule has 62 valence electrons. The summed E-state index contributed by atoms with van der Waals surface area (Å²) >= 11 is 0. The van der Waals surface area contributed by atoms with Crippen molar-refractivity contribution in [1.82, 2.24) is 4.90 Å². The highest BCUT2D eigenvalue weighted by Crippen LogP contribution is 2.16. The topological polar surface area (TPSA) is 28.0 Å². The minimum Gasteiger partial charge on any atom is -0.336 e. The van der Waals surface area contributed by atoms with Crippen molar-refractivity contribution in [3.63, 3.8) is 0 Å². The van der Waals surface area contributed by atoms with E-state index in [1.165, 1.54) is 0 Å². The van der Waals surface area contributed by atoms with Crippen LogP contribution in [-0.2, 0) is 0 Å². The summed E-state index contributed by atoms with van der Waals surface area (Å²) in [4.78, 5) is 10.3. The number of aliphatic imine (C=N–C) groups is 2. The Morgan fingerprint density at radius 1 is 1.36 bits per heavy atom. The first-order valence-electron chi connectivity index (χ1n) is 3.85. The lowest BCUT2D eigenvalue weighted by Crippen LogP contribution is -2.46. The van der Waals surface area contributed by atoms with Gasteiger partial charge in [0.2, 0.25) is 0 Å². The van der Waals surface area contributed by atoms with Crippen LogP contribution in [0.1, 0.15) is 27.7 Å². The van der Waals surface area contributed by atoms with Crippen molar-refractivity contribution in [3.05, 3.63) is 0 Å². The molecule has 1 aliphatic rings. The van der Waals surface area contributed by atoms with Gasteiger partial charge in [-0.15, -0.1) is 0 Å². The Labute approximate surface area is 67.8 Å². The van der Waals surface area contributed by atoms with E-state index in [0.717, 1.165) is 0 Å². The van der Waals surface area contributed by atoms with Crippen LogP contribution in [0.3, 0.4) is 0 Å². The Bertz CT molecular complexity index is 188. The van der Waals surface area contributed by atoms with Crippen molar-refractivity contribution in [3.8, 4) is 0 Å². The third kappa shape index (κ3) is 1.79. The first-order valence-corrected chi connectivity index (χ1v) is 3.85.